The van der Waals surface area contributed by atoms with Gasteiger partial charge in [-0.05, 0) is 36.2 Å². The van der Waals surface area contributed by atoms with Gasteiger partial charge in [-0.15, -0.1) is 0 Å². The molecule has 0 aliphatic rings. The van der Waals surface area contributed by atoms with E-state index in [2.05, 4.69) is 22.5 Å². The van der Waals surface area contributed by atoms with Gasteiger partial charge in [0.05, 0.1) is 12.8 Å². The smallest absolute Gasteiger partial charge is 0.291 e. The van der Waals surface area contributed by atoms with Gasteiger partial charge in [0, 0.05) is 12.2 Å². The Morgan fingerprint density at radius 1 is 1.30 bits per heavy atom. The zero-order chi connectivity index (χ0) is 16.5. The summed E-state index contributed by atoms with van der Waals surface area (Å²) in [5.74, 6) is 0.428. The predicted octanol–water partition coefficient (Wildman–Crippen LogP) is 2.74. The Kier molecular flexibility index (Phi) is 6.23. The molecular weight excluding hydrogens is 292 g/mol. The van der Waals surface area contributed by atoms with Gasteiger partial charge in [0.15, 0.2) is 11.7 Å². The van der Waals surface area contributed by atoms with Crippen molar-refractivity contribution in [3.8, 4) is 0 Å². The molecule has 23 heavy (non-hydrogen) atoms. The molecule has 0 spiro atoms. The number of furan rings is 1. The number of aliphatic imine (C=N–C) groups is 1. The lowest BCUT2D eigenvalue weighted by atomic mass is 10.2. The van der Waals surface area contributed by atoms with Crippen molar-refractivity contribution in [2.24, 2.45) is 10.7 Å². The molecule has 0 unspecified atom stereocenters. The molecule has 1 amide bonds. The van der Waals surface area contributed by atoms with Crippen molar-refractivity contribution in [3.63, 3.8) is 0 Å². The average Bonchev–Trinajstić information content (AvgIpc) is 3.08. The second-order valence-corrected chi connectivity index (χ2v) is 5.11. The summed E-state index contributed by atoms with van der Waals surface area (Å²) in [6.45, 7) is 3.40. The molecule has 2 rings (SSSR count). The van der Waals surface area contributed by atoms with Crippen LogP contribution in [0.1, 0.15) is 35.9 Å². The van der Waals surface area contributed by atoms with Gasteiger partial charge in [-0.25, -0.2) is 4.99 Å². The van der Waals surface area contributed by atoms with Crippen LogP contribution in [-0.4, -0.2) is 18.4 Å². The highest BCUT2D eigenvalue weighted by Crippen LogP contribution is 2.13. The third kappa shape index (κ3) is 5.50. The molecule has 2 aromatic rings. The number of anilines is 1. The van der Waals surface area contributed by atoms with Crippen molar-refractivity contribution in [2.75, 3.05) is 11.9 Å². The maximum absolute atomic E-state index is 11.9. The molecule has 122 valence electrons. The van der Waals surface area contributed by atoms with E-state index in [1.165, 1.54) is 6.26 Å². The van der Waals surface area contributed by atoms with Gasteiger partial charge in [-0.3, -0.25) is 4.79 Å². The first-order valence-electron chi connectivity index (χ1n) is 7.66. The highest BCUT2D eigenvalue weighted by molar-refractivity contribution is 6.02. The Morgan fingerprint density at radius 3 is 2.91 bits per heavy atom. The second kappa shape index (κ2) is 8.63. The van der Waals surface area contributed by atoms with Gasteiger partial charge in [-0.2, -0.15) is 0 Å². The third-order valence-corrected chi connectivity index (χ3v) is 3.20. The highest BCUT2D eigenvalue weighted by atomic mass is 16.3. The summed E-state index contributed by atoms with van der Waals surface area (Å²) in [5, 5.41) is 5.85. The minimum Gasteiger partial charge on any atom is -0.459 e. The molecule has 1 aromatic heterocycles. The van der Waals surface area contributed by atoms with Crippen molar-refractivity contribution in [3.05, 3.63) is 54.0 Å². The van der Waals surface area contributed by atoms with Crippen LogP contribution in [0.15, 0.2) is 52.1 Å². The Bertz CT molecular complexity index is 650. The van der Waals surface area contributed by atoms with Crippen LogP contribution in [0, 0.1) is 0 Å². The molecule has 6 nitrogen and oxygen atoms in total. The monoisotopic (exact) mass is 314 g/mol. The van der Waals surface area contributed by atoms with Crippen molar-refractivity contribution in [2.45, 2.75) is 26.3 Å². The zero-order valence-corrected chi connectivity index (χ0v) is 13.2. The van der Waals surface area contributed by atoms with Crippen molar-refractivity contribution >= 4 is 17.6 Å². The van der Waals surface area contributed by atoms with E-state index in [0.29, 0.717) is 18.2 Å². The number of nitrogens with zero attached hydrogens (tertiary/aromatic N) is 1. The molecule has 0 bridgehead atoms. The summed E-state index contributed by atoms with van der Waals surface area (Å²) in [4.78, 5) is 16.2. The fraction of sp³-hybridized carbons (Fsp3) is 0.294. The molecule has 0 fully saturated rings. The van der Waals surface area contributed by atoms with E-state index >= 15 is 0 Å². The zero-order valence-electron chi connectivity index (χ0n) is 13.2. The van der Waals surface area contributed by atoms with Crippen LogP contribution >= 0.6 is 0 Å². The molecule has 0 saturated heterocycles. The average molecular weight is 314 g/mol. The number of benzene rings is 1. The molecule has 0 atom stereocenters. The van der Waals surface area contributed by atoms with E-state index in [9.17, 15) is 4.79 Å². The van der Waals surface area contributed by atoms with Crippen molar-refractivity contribution < 1.29 is 9.21 Å². The van der Waals surface area contributed by atoms with Crippen LogP contribution < -0.4 is 16.4 Å². The standard InChI is InChI=1S/C17H22N4O2/c1-2-3-9-19-17(18)20-12-13-6-4-7-14(11-13)21-16(22)15-8-5-10-23-15/h4-8,10-11H,2-3,9,12H2,1H3,(H,21,22)(H3,18,19,20). The number of carbonyl (C=O) groups is 1. The van der Waals surface area contributed by atoms with E-state index in [0.717, 1.165) is 24.9 Å². The van der Waals surface area contributed by atoms with Crippen LogP contribution in [-0.2, 0) is 6.54 Å². The number of guanidine groups is 1. The van der Waals surface area contributed by atoms with Crippen LogP contribution in [0.4, 0.5) is 5.69 Å². The lowest BCUT2D eigenvalue weighted by Gasteiger charge is -2.06. The molecule has 1 aromatic carbocycles. The van der Waals surface area contributed by atoms with Crippen molar-refractivity contribution in [1.29, 1.82) is 0 Å². The Labute approximate surface area is 135 Å². The fourth-order valence-corrected chi connectivity index (χ4v) is 1.97. The molecule has 6 heteroatoms. The van der Waals surface area contributed by atoms with Gasteiger partial charge in [-0.1, -0.05) is 25.5 Å². The minimum atomic E-state index is -0.281. The first-order chi connectivity index (χ1) is 11.2. The van der Waals surface area contributed by atoms with Crippen LogP contribution in [0.2, 0.25) is 0 Å². The molecule has 0 aliphatic carbocycles. The van der Waals surface area contributed by atoms with Crippen LogP contribution in [0.3, 0.4) is 0 Å². The number of nitrogens with two attached hydrogens (primary N) is 1. The maximum Gasteiger partial charge on any atom is 0.291 e. The number of amides is 1. The van der Waals surface area contributed by atoms with E-state index in [-0.39, 0.29) is 11.7 Å². The number of hydrogen-bond donors (Lipinski definition) is 3. The van der Waals surface area contributed by atoms with Crippen molar-refractivity contribution in [1.82, 2.24) is 5.32 Å². The Balaban J connectivity index is 1.92. The second-order valence-electron chi connectivity index (χ2n) is 5.11. The number of rotatable bonds is 7. The van der Waals surface area contributed by atoms with Gasteiger partial charge in [0.25, 0.3) is 5.91 Å². The number of unbranched alkanes of at least 4 members (excludes halogenated alkanes) is 1. The molecule has 0 aliphatic heterocycles. The summed E-state index contributed by atoms with van der Waals surface area (Å²) >= 11 is 0. The maximum atomic E-state index is 11.9. The highest BCUT2D eigenvalue weighted by Gasteiger charge is 2.08. The number of carbonyl (C=O) groups excluding carboxylic acids is 1. The Hall–Kier alpha value is -2.76. The van der Waals surface area contributed by atoms with E-state index in [1.807, 2.05) is 24.3 Å². The molecule has 0 saturated carbocycles. The summed E-state index contributed by atoms with van der Waals surface area (Å²) in [5.41, 5.74) is 7.45. The van der Waals surface area contributed by atoms with Gasteiger partial charge in [0.2, 0.25) is 0 Å². The number of nitrogens with one attached hydrogen (secondary N) is 2. The minimum absolute atomic E-state index is 0.276. The molecule has 4 N–H and O–H groups in total. The lowest BCUT2D eigenvalue weighted by Crippen LogP contribution is -2.32. The van der Waals surface area contributed by atoms with E-state index in [4.69, 9.17) is 10.2 Å². The first-order valence-corrected chi connectivity index (χ1v) is 7.66. The SMILES string of the molecule is CCCCNC(N)=NCc1cccc(NC(=O)c2ccco2)c1. The van der Waals surface area contributed by atoms with Crippen LogP contribution in [0.5, 0.6) is 0 Å². The normalized spacial score (nSPS) is 11.3. The first kappa shape index (κ1) is 16.6. The quantitative estimate of drug-likeness (QED) is 0.416. The van der Waals surface area contributed by atoms with Gasteiger partial charge >= 0.3 is 0 Å². The van der Waals surface area contributed by atoms with E-state index in [1.54, 1.807) is 12.1 Å². The summed E-state index contributed by atoms with van der Waals surface area (Å²) in [6.07, 6.45) is 3.64. The van der Waals surface area contributed by atoms with Gasteiger partial charge < -0.3 is 20.8 Å². The lowest BCUT2D eigenvalue weighted by molar-refractivity contribution is 0.0996. The topological polar surface area (TPSA) is 92.6 Å². The molecule has 0 radical (unpaired) electrons. The summed E-state index contributed by atoms with van der Waals surface area (Å²) in [6, 6.07) is 10.8. The van der Waals surface area contributed by atoms with Crippen LogP contribution in [0.25, 0.3) is 0 Å². The van der Waals surface area contributed by atoms with E-state index < -0.39 is 0 Å². The third-order valence-electron chi connectivity index (χ3n) is 3.20. The summed E-state index contributed by atoms with van der Waals surface area (Å²) < 4.78 is 5.06. The molecule has 1 heterocycles. The molecular formula is C17H22N4O2. The van der Waals surface area contributed by atoms with Gasteiger partial charge in [0.1, 0.15) is 0 Å². The largest absolute Gasteiger partial charge is 0.459 e. The Morgan fingerprint density at radius 2 is 2.17 bits per heavy atom. The number of hydrogen-bond acceptors (Lipinski definition) is 3. The summed E-state index contributed by atoms with van der Waals surface area (Å²) in [7, 11) is 0. The fourth-order valence-electron chi connectivity index (χ4n) is 1.97. The predicted molar refractivity (Wildman–Crippen MR) is 91.3 cm³/mol.